The minimum absolute atomic E-state index is 0.0154. The number of nitrogens with zero attached hydrogens (tertiary/aromatic N) is 1. The number of sulfonamides is 1. The molecule has 0 aromatic heterocycles. The lowest BCUT2D eigenvalue weighted by Gasteiger charge is -2.37. The lowest BCUT2D eigenvalue weighted by atomic mass is 10.0. The number of rotatable bonds is 4. The van der Waals surface area contributed by atoms with Crippen LogP contribution in [0.5, 0.6) is 0 Å². The van der Waals surface area contributed by atoms with Crippen LogP contribution in [0, 0.1) is 0 Å². The summed E-state index contributed by atoms with van der Waals surface area (Å²) in [6.45, 7) is 3.90. The Morgan fingerprint density at radius 2 is 1.63 bits per heavy atom. The third kappa shape index (κ3) is 4.18. The average molecular weight is 407 g/mol. The zero-order valence-corrected chi connectivity index (χ0v) is 16.9. The fourth-order valence-electron chi connectivity index (χ4n) is 3.55. The van der Waals surface area contributed by atoms with Crippen molar-refractivity contribution < 1.29 is 13.2 Å². The number of amides is 1. The number of hydrogen-bond donors (Lipinski definition) is 1. The van der Waals surface area contributed by atoms with Gasteiger partial charge in [0.25, 0.3) is 5.91 Å². The number of benzene rings is 2. The molecule has 0 spiro atoms. The molecule has 7 heteroatoms. The van der Waals surface area contributed by atoms with Crippen molar-refractivity contribution in [3.8, 4) is 0 Å². The van der Waals surface area contributed by atoms with E-state index in [1.807, 2.05) is 13.8 Å². The molecule has 2 aromatic rings. The summed E-state index contributed by atoms with van der Waals surface area (Å²) in [5.74, 6) is -0.338. The highest BCUT2D eigenvalue weighted by molar-refractivity contribution is 7.89. The molecule has 0 saturated carbocycles. The van der Waals surface area contributed by atoms with Crippen LogP contribution in [-0.4, -0.2) is 30.7 Å². The maximum Gasteiger partial charge on any atom is 0.257 e. The first-order valence-corrected chi connectivity index (χ1v) is 10.8. The molecule has 1 fully saturated rings. The van der Waals surface area contributed by atoms with Gasteiger partial charge >= 0.3 is 0 Å². The lowest BCUT2D eigenvalue weighted by molar-refractivity contribution is 0.102. The summed E-state index contributed by atoms with van der Waals surface area (Å²) in [5.41, 5.74) is 0.880. The fourth-order valence-corrected chi connectivity index (χ4v) is 5.65. The smallest absolute Gasteiger partial charge is 0.257 e. The molecular formula is C20H23ClN2O3S. The van der Waals surface area contributed by atoms with Crippen molar-refractivity contribution in [3.05, 3.63) is 59.1 Å². The van der Waals surface area contributed by atoms with Gasteiger partial charge in [-0.25, -0.2) is 8.42 Å². The number of anilines is 1. The van der Waals surface area contributed by atoms with Crippen molar-refractivity contribution in [1.82, 2.24) is 4.31 Å². The van der Waals surface area contributed by atoms with E-state index in [0.29, 0.717) is 16.3 Å². The van der Waals surface area contributed by atoms with Crippen LogP contribution < -0.4 is 5.32 Å². The van der Waals surface area contributed by atoms with Crippen molar-refractivity contribution in [3.63, 3.8) is 0 Å². The molecule has 0 aliphatic carbocycles. The summed E-state index contributed by atoms with van der Waals surface area (Å²) in [4.78, 5) is 12.6. The second-order valence-electron chi connectivity index (χ2n) is 6.92. The van der Waals surface area contributed by atoms with E-state index < -0.39 is 10.0 Å². The van der Waals surface area contributed by atoms with Gasteiger partial charge in [-0.05, 0) is 63.1 Å². The summed E-state index contributed by atoms with van der Waals surface area (Å²) in [7, 11) is -3.57. The zero-order valence-electron chi connectivity index (χ0n) is 15.4. The molecule has 0 bridgehead atoms. The quantitative estimate of drug-likeness (QED) is 0.810. The van der Waals surface area contributed by atoms with Crippen LogP contribution in [0.2, 0.25) is 5.02 Å². The molecule has 1 amide bonds. The molecule has 1 heterocycles. The van der Waals surface area contributed by atoms with Gasteiger partial charge in [0, 0.05) is 17.8 Å². The molecule has 2 aromatic carbocycles. The minimum Gasteiger partial charge on any atom is -0.322 e. The number of carbonyl (C=O) groups excluding carboxylic acids is 1. The van der Waals surface area contributed by atoms with Crippen molar-refractivity contribution in [2.75, 3.05) is 5.32 Å². The van der Waals surface area contributed by atoms with E-state index in [-0.39, 0.29) is 22.9 Å². The van der Waals surface area contributed by atoms with Crippen molar-refractivity contribution >= 4 is 33.2 Å². The van der Waals surface area contributed by atoms with Crippen molar-refractivity contribution in [2.24, 2.45) is 0 Å². The molecule has 3 rings (SSSR count). The van der Waals surface area contributed by atoms with Gasteiger partial charge in [0.2, 0.25) is 10.0 Å². The van der Waals surface area contributed by atoms with E-state index in [1.54, 1.807) is 40.7 Å². The predicted octanol–water partition coefficient (Wildman–Crippen LogP) is 4.54. The average Bonchev–Trinajstić information content (AvgIpc) is 2.62. The fraction of sp³-hybridized carbons (Fsp3) is 0.350. The standard InChI is InChI=1S/C20H23ClN2O3S/c1-14-6-5-7-15(2)23(14)27(25,26)17-12-10-16(11-13-17)22-20(24)18-8-3-4-9-19(18)21/h3-4,8-15H,5-7H2,1-2H3,(H,22,24). The molecule has 1 aliphatic heterocycles. The minimum atomic E-state index is -3.57. The molecule has 5 nitrogen and oxygen atoms in total. The van der Waals surface area contributed by atoms with Crippen LogP contribution in [0.15, 0.2) is 53.4 Å². The molecule has 27 heavy (non-hydrogen) atoms. The Labute approximate surface area is 165 Å². The molecule has 1 aliphatic rings. The SMILES string of the molecule is CC1CCCC(C)N1S(=O)(=O)c1ccc(NC(=O)c2ccccc2Cl)cc1. The van der Waals surface area contributed by atoms with Gasteiger partial charge in [-0.1, -0.05) is 30.2 Å². The summed E-state index contributed by atoms with van der Waals surface area (Å²) in [6.07, 6.45) is 2.78. The summed E-state index contributed by atoms with van der Waals surface area (Å²) < 4.78 is 27.7. The van der Waals surface area contributed by atoms with E-state index in [0.717, 1.165) is 19.3 Å². The molecule has 2 atom stereocenters. The summed E-state index contributed by atoms with van der Waals surface area (Å²) in [5, 5.41) is 3.11. The third-order valence-corrected chi connectivity index (χ3v) is 7.39. The van der Waals surface area contributed by atoms with Gasteiger partial charge in [-0.15, -0.1) is 0 Å². The van der Waals surface area contributed by atoms with Crippen molar-refractivity contribution in [2.45, 2.75) is 50.1 Å². The lowest BCUT2D eigenvalue weighted by Crippen LogP contribution is -2.47. The maximum atomic E-state index is 13.0. The Bertz CT molecular complexity index is 918. The number of hydrogen-bond acceptors (Lipinski definition) is 3. The number of nitrogens with one attached hydrogen (secondary N) is 1. The van der Waals surface area contributed by atoms with E-state index in [1.165, 1.54) is 12.1 Å². The monoisotopic (exact) mass is 406 g/mol. The molecular weight excluding hydrogens is 384 g/mol. The second kappa shape index (κ2) is 8.00. The Hall–Kier alpha value is -1.89. The molecule has 1 N–H and O–H groups in total. The Morgan fingerprint density at radius 3 is 2.22 bits per heavy atom. The Balaban J connectivity index is 1.79. The highest BCUT2D eigenvalue weighted by Crippen LogP contribution is 2.30. The normalized spacial score (nSPS) is 21.0. The third-order valence-electron chi connectivity index (χ3n) is 4.92. The van der Waals surface area contributed by atoms with Gasteiger partial charge in [-0.3, -0.25) is 4.79 Å². The molecule has 2 unspecified atom stereocenters. The van der Waals surface area contributed by atoms with E-state index in [4.69, 9.17) is 11.6 Å². The van der Waals surface area contributed by atoms with Crippen LogP contribution in [0.1, 0.15) is 43.5 Å². The highest BCUT2D eigenvalue weighted by Gasteiger charge is 2.35. The molecule has 0 radical (unpaired) electrons. The van der Waals surface area contributed by atoms with Gasteiger partial charge in [0.1, 0.15) is 0 Å². The number of halogens is 1. The Morgan fingerprint density at radius 1 is 1.04 bits per heavy atom. The van der Waals surface area contributed by atoms with Crippen LogP contribution in [-0.2, 0) is 10.0 Å². The first-order valence-electron chi connectivity index (χ1n) is 9.00. The largest absolute Gasteiger partial charge is 0.322 e. The van der Waals surface area contributed by atoms with Gasteiger partial charge < -0.3 is 5.32 Å². The number of carbonyl (C=O) groups is 1. The molecule has 1 saturated heterocycles. The van der Waals surface area contributed by atoms with Crippen LogP contribution in [0.3, 0.4) is 0 Å². The van der Waals surface area contributed by atoms with Crippen molar-refractivity contribution in [1.29, 1.82) is 0 Å². The van der Waals surface area contributed by atoms with Gasteiger partial charge in [-0.2, -0.15) is 4.31 Å². The summed E-state index contributed by atoms with van der Waals surface area (Å²) in [6, 6.07) is 13.0. The van der Waals surface area contributed by atoms with Crippen LogP contribution >= 0.6 is 11.6 Å². The Kier molecular flexibility index (Phi) is 5.89. The van der Waals surface area contributed by atoms with E-state index in [2.05, 4.69) is 5.32 Å². The first-order chi connectivity index (χ1) is 12.8. The van der Waals surface area contributed by atoms with Gasteiger partial charge in [0.05, 0.1) is 15.5 Å². The van der Waals surface area contributed by atoms with E-state index >= 15 is 0 Å². The second-order valence-corrected chi connectivity index (χ2v) is 9.17. The van der Waals surface area contributed by atoms with Gasteiger partial charge in [0.15, 0.2) is 0 Å². The topological polar surface area (TPSA) is 66.5 Å². The maximum absolute atomic E-state index is 13.0. The highest BCUT2D eigenvalue weighted by atomic mass is 35.5. The zero-order chi connectivity index (χ0) is 19.6. The molecule has 144 valence electrons. The predicted molar refractivity (Wildman–Crippen MR) is 108 cm³/mol. The van der Waals surface area contributed by atoms with Crippen LogP contribution in [0.4, 0.5) is 5.69 Å². The first kappa shape index (κ1) is 19.9. The van der Waals surface area contributed by atoms with E-state index in [9.17, 15) is 13.2 Å². The van der Waals surface area contributed by atoms with Crippen LogP contribution in [0.25, 0.3) is 0 Å². The number of piperidine rings is 1. The summed E-state index contributed by atoms with van der Waals surface area (Å²) >= 11 is 6.04.